The van der Waals surface area contributed by atoms with E-state index in [0.29, 0.717) is 39.2 Å². The quantitative estimate of drug-likeness (QED) is 0.194. The number of hydrogen-bond acceptors (Lipinski definition) is 6. The Bertz CT molecular complexity index is 1420. The molecule has 0 saturated carbocycles. The molecule has 2 amide bonds. The summed E-state index contributed by atoms with van der Waals surface area (Å²) in [5.41, 5.74) is 8.10. The number of hydrogen-bond donors (Lipinski definition) is 3. The fourth-order valence-corrected chi connectivity index (χ4v) is 3.49. The van der Waals surface area contributed by atoms with Crippen LogP contribution in [0.2, 0.25) is 0 Å². The molecule has 4 aromatic rings. The first-order valence-electron chi connectivity index (χ1n) is 11.5. The van der Waals surface area contributed by atoms with Crippen molar-refractivity contribution >= 4 is 34.2 Å². The SMILES string of the molecule is Nc1ccccc1NC(=O)c1ccc(OCCNC(=O)c2cc3ccc(COCC(F)(F)F)cc3o2)cc1. The molecule has 8 nitrogen and oxygen atoms in total. The molecular formula is C27H24F3N3O5. The first kappa shape index (κ1) is 26.6. The van der Waals surface area contributed by atoms with Crippen LogP contribution >= 0.6 is 0 Å². The van der Waals surface area contributed by atoms with E-state index in [2.05, 4.69) is 15.4 Å². The molecule has 4 rings (SSSR count). The average Bonchev–Trinajstić information content (AvgIpc) is 3.31. The lowest BCUT2D eigenvalue weighted by molar-refractivity contribution is -0.176. The number of furan rings is 1. The molecule has 0 aliphatic heterocycles. The lowest BCUT2D eigenvalue weighted by atomic mass is 10.2. The van der Waals surface area contributed by atoms with Gasteiger partial charge in [-0.05, 0) is 54.1 Å². The fraction of sp³-hybridized carbons (Fsp3) is 0.185. The molecule has 0 saturated heterocycles. The molecule has 0 unspecified atom stereocenters. The molecular weight excluding hydrogens is 503 g/mol. The number of alkyl halides is 3. The number of fused-ring (bicyclic) bond motifs is 1. The minimum absolute atomic E-state index is 0.0581. The second-order valence-corrected chi connectivity index (χ2v) is 8.26. The number of para-hydroxylation sites is 2. The van der Waals surface area contributed by atoms with Gasteiger partial charge in [0.2, 0.25) is 0 Å². The Morgan fingerprint density at radius 3 is 2.45 bits per heavy atom. The number of halogens is 3. The number of anilines is 2. The highest BCUT2D eigenvalue weighted by Gasteiger charge is 2.27. The average molecular weight is 527 g/mol. The van der Waals surface area contributed by atoms with Crippen LogP contribution in [0.25, 0.3) is 11.0 Å². The maximum absolute atomic E-state index is 12.4. The second kappa shape index (κ2) is 11.7. The van der Waals surface area contributed by atoms with Gasteiger partial charge in [-0.1, -0.05) is 24.3 Å². The second-order valence-electron chi connectivity index (χ2n) is 8.26. The standard InChI is InChI=1S/C27H24F3N3O5/c28-27(29,30)16-36-15-17-5-6-19-14-24(38-23(19)13-17)26(35)32-11-12-37-20-9-7-18(8-10-20)25(34)33-22-4-2-1-3-21(22)31/h1-10,13-14H,11-12,15-16,31H2,(H,32,35)(H,33,34). The molecule has 4 N–H and O–H groups in total. The Labute approximate surface area is 215 Å². The van der Waals surface area contributed by atoms with Gasteiger partial charge in [-0.2, -0.15) is 13.2 Å². The predicted octanol–water partition coefficient (Wildman–Crippen LogP) is 5.16. The molecule has 0 fully saturated rings. The molecule has 0 radical (unpaired) electrons. The predicted molar refractivity (Wildman–Crippen MR) is 135 cm³/mol. The van der Waals surface area contributed by atoms with Crippen LogP contribution in [0.4, 0.5) is 24.5 Å². The molecule has 38 heavy (non-hydrogen) atoms. The number of nitrogens with one attached hydrogen (secondary N) is 2. The van der Waals surface area contributed by atoms with Gasteiger partial charge in [0.15, 0.2) is 5.76 Å². The molecule has 3 aromatic carbocycles. The molecule has 0 spiro atoms. The highest BCUT2D eigenvalue weighted by atomic mass is 19.4. The minimum Gasteiger partial charge on any atom is -0.492 e. The third-order valence-electron chi connectivity index (χ3n) is 5.32. The van der Waals surface area contributed by atoms with Gasteiger partial charge in [0.1, 0.15) is 24.5 Å². The number of carbonyl (C=O) groups is 2. The van der Waals surface area contributed by atoms with Gasteiger partial charge in [0.25, 0.3) is 11.8 Å². The fourth-order valence-electron chi connectivity index (χ4n) is 3.49. The zero-order valence-corrected chi connectivity index (χ0v) is 20.0. The monoisotopic (exact) mass is 527 g/mol. The lowest BCUT2D eigenvalue weighted by Crippen LogP contribution is -2.27. The summed E-state index contributed by atoms with van der Waals surface area (Å²) in [7, 11) is 0. The summed E-state index contributed by atoms with van der Waals surface area (Å²) in [6.45, 7) is -1.23. The van der Waals surface area contributed by atoms with Crippen LogP contribution in [0.3, 0.4) is 0 Å². The van der Waals surface area contributed by atoms with Crippen molar-refractivity contribution in [2.45, 2.75) is 12.8 Å². The highest BCUT2D eigenvalue weighted by molar-refractivity contribution is 6.05. The maximum Gasteiger partial charge on any atom is 0.411 e. The number of nitrogen functional groups attached to an aromatic ring is 1. The highest BCUT2D eigenvalue weighted by Crippen LogP contribution is 2.23. The van der Waals surface area contributed by atoms with E-state index < -0.39 is 18.7 Å². The van der Waals surface area contributed by atoms with Gasteiger partial charge < -0.3 is 30.3 Å². The van der Waals surface area contributed by atoms with Crippen molar-refractivity contribution in [1.29, 1.82) is 0 Å². The van der Waals surface area contributed by atoms with Crippen molar-refractivity contribution < 1.29 is 36.7 Å². The van der Waals surface area contributed by atoms with Crippen molar-refractivity contribution in [1.82, 2.24) is 5.32 Å². The Kier molecular flexibility index (Phi) is 8.17. The number of rotatable bonds is 10. The summed E-state index contributed by atoms with van der Waals surface area (Å²) in [6.07, 6.45) is -4.40. The van der Waals surface area contributed by atoms with Gasteiger partial charge in [-0.25, -0.2) is 0 Å². The number of ether oxygens (including phenoxy) is 2. The van der Waals surface area contributed by atoms with E-state index in [9.17, 15) is 22.8 Å². The van der Waals surface area contributed by atoms with Crippen LogP contribution in [0.1, 0.15) is 26.5 Å². The summed E-state index contributed by atoms with van der Waals surface area (Å²) < 4.78 is 52.5. The van der Waals surface area contributed by atoms with E-state index in [1.165, 1.54) is 6.07 Å². The van der Waals surface area contributed by atoms with Crippen molar-refractivity contribution in [2.75, 3.05) is 30.8 Å². The summed E-state index contributed by atoms with van der Waals surface area (Å²) in [5.74, 6) is -0.206. The number of nitrogens with two attached hydrogens (primary N) is 1. The zero-order chi connectivity index (χ0) is 27.1. The molecule has 1 heterocycles. The smallest absolute Gasteiger partial charge is 0.411 e. The Morgan fingerprint density at radius 1 is 0.947 bits per heavy atom. The van der Waals surface area contributed by atoms with Crippen LogP contribution in [-0.2, 0) is 11.3 Å². The van der Waals surface area contributed by atoms with Gasteiger partial charge in [0, 0.05) is 10.9 Å². The van der Waals surface area contributed by atoms with Crippen molar-refractivity contribution in [3.63, 3.8) is 0 Å². The van der Waals surface area contributed by atoms with Crippen molar-refractivity contribution in [3.8, 4) is 5.75 Å². The first-order chi connectivity index (χ1) is 18.2. The zero-order valence-electron chi connectivity index (χ0n) is 20.0. The van der Waals surface area contributed by atoms with Crippen LogP contribution in [-0.4, -0.2) is 37.7 Å². The summed E-state index contributed by atoms with van der Waals surface area (Å²) in [5, 5.41) is 6.05. The summed E-state index contributed by atoms with van der Waals surface area (Å²) >= 11 is 0. The van der Waals surface area contributed by atoms with Crippen LogP contribution in [0, 0.1) is 0 Å². The van der Waals surface area contributed by atoms with E-state index in [0.717, 1.165) is 0 Å². The number of benzene rings is 3. The molecule has 0 aliphatic rings. The largest absolute Gasteiger partial charge is 0.492 e. The van der Waals surface area contributed by atoms with Crippen molar-refractivity contribution in [3.05, 3.63) is 89.7 Å². The Morgan fingerprint density at radius 2 is 1.71 bits per heavy atom. The molecule has 198 valence electrons. The molecule has 1 aromatic heterocycles. The van der Waals surface area contributed by atoms with E-state index in [-0.39, 0.29) is 31.4 Å². The van der Waals surface area contributed by atoms with Gasteiger partial charge >= 0.3 is 6.18 Å². The molecule has 0 atom stereocenters. The van der Waals surface area contributed by atoms with Crippen LogP contribution < -0.4 is 21.1 Å². The lowest BCUT2D eigenvalue weighted by Gasteiger charge is -2.09. The first-order valence-corrected chi connectivity index (χ1v) is 11.5. The minimum atomic E-state index is -4.40. The normalized spacial score (nSPS) is 11.3. The summed E-state index contributed by atoms with van der Waals surface area (Å²) in [6, 6.07) is 19.8. The Balaban J connectivity index is 1.23. The molecule has 0 bridgehead atoms. The van der Waals surface area contributed by atoms with E-state index >= 15 is 0 Å². The topological polar surface area (TPSA) is 116 Å². The molecule has 11 heteroatoms. The maximum atomic E-state index is 12.4. The Hall–Kier alpha value is -4.51. The van der Waals surface area contributed by atoms with Gasteiger partial charge in [-0.3, -0.25) is 9.59 Å². The molecule has 0 aliphatic carbocycles. The van der Waals surface area contributed by atoms with E-state index in [1.807, 2.05) is 0 Å². The number of carbonyl (C=O) groups excluding carboxylic acids is 2. The number of amides is 2. The van der Waals surface area contributed by atoms with Gasteiger partial charge in [-0.15, -0.1) is 0 Å². The van der Waals surface area contributed by atoms with E-state index in [4.69, 9.17) is 14.9 Å². The van der Waals surface area contributed by atoms with Gasteiger partial charge in [0.05, 0.1) is 24.5 Å². The summed E-state index contributed by atoms with van der Waals surface area (Å²) in [4.78, 5) is 24.8. The van der Waals surface area contributed by atoms with E-state index in [1.54, 1.807) is 66.7 Å². The van der Waals surface area contributed by atoms with Crippen LogP contribution in [0.15, 0.2) is 77.2 Å². The van der Waals surface area contributed by atoms with Crippen LogP contribution in [0.5, 0.6) is 5.75 Å². The third kappa shape index (κ3) is 7.26. The van der Waals surface area contributed by atoms with Crippen molar-refractivity contribution in [2.24, 2.45) is 0 Å². The third-order valence-corrected chi connectivity index (χ3v) is 5.32.